The lowest BCUT2D eigenvalue weighted by Crippen LogP contribution is -2.50. The van der Waals surface area contributed by atoms with Crippen LogP contribution in [-0.4, -0.2) is 54.9 Å². The van der Waals surface area contributed by atoms with E-state index in [1.807, 2.05) is 23.2 Å². The summed E-state index contributed by atoms with van der Waals surface area (Å²) in [6, 6.07) is 13.9. The summed E-state index contributed by atoms with van der Waals surface area (Å²) in [6.45, 7) is 2.29. The number of benzene rings is 2. The quantitative estimate of drug-likeness (QED) is 0.548. The molecule has 4 heterocycles. The van der Waals surface area contributed by atoms with E-state index in [1.54, 1.807) is 31.4 Å². The summed E-state index contributed by atoms with van der Waals surface area (Å²) in [7, 11) is 1.57. The Labute approximate surface area is 204 Å². The highest BCUT2D eigenvalue weighted by atomic mass is 19.1. The molecule has 0 saturated carbocycles. The summed E-state index contributed by atoms with van der Waals surface area (Å²) in [5, 5.41) is 0. The molecule has 35 heavy (non-hydrogen) atoms. The number of hydrogen-bond acceptors (Lipinski definition) is 5. The molecule has 1 spiro atoms. The van der Waals surface area contributed by atoms with Crippen molar-refractivity contribution in [3.8, 4) is 22.9 Å². The number of carbonyl (C=O) groups excluding carboxylic acids is 1. The zero-order valence-corrected chi connectivity index (χ0v) is 19.5. The molecule has 0 N–H and O–H groups in total. The molecule has 1 atom stereocenters. The topological polar surface area (TPSA) is 62.2 Å². The third-order valence-corrected chi connectivity index (χ3v) is 7.15. The largest absolute Gasteiger partial charge is 0.493 e. The van der Waals surface area contributed by atoms with Gasteiger partial charge in [-0.2, -0.15) is 0 Å². The number of nitrogens with zero attached hydrogens (tertiary/aromatic N) is 2. The Morgan fingerprint density at radius 2 is 2.00 bits per heavy atom. The van der Waals surface area contributed by atoms with Gasteiger partial charge in [-0.25, -0.2) is 4.39 Å². The third kappa shape index (κ3) is 3.82. The van der Waals surface area contributed by atoms with Crippen LogP contribution < -0.4 is 14.2 Å². The monoisotopic (exact) mass is 480 g/mol. The molecule has 3 aromatic rings. The van der Waals surface area contributed by atoms with E-state index < -0.39 is 5.60 Å². The molecule has 3 aliphatic rings. The number of ether oxygens (including phenoxy) is 4. The fourth-order valence-electron chi connectivity index (χ4n) is 5.29. The van der Waals surface area contributed by atoms with Crippen molar-refractivity contribution >= 4 is 5.91 Å². The number of hydrogen-bond donors (Lipinski definition) is 0. The van der Waals surface area contributed by atoms with Crippen molar-refractivity contribution < 1.29 is 29.6 Å². The summed E-state index contributed by atoms with van der Waals surface area (Å²) in [6.07, 6.45) is 4.03. The lowest BCUT2D eigenvalue weighted by molar-refractivity contribution is -0.00951. The van der Waals surface area contributed by atoms with Crippen molar-refractivity contribution in [2.45, 2.75) is 31.0 Å². The van der Waals surface area contributed by atoms with E-state index >= 15 is 0 Å². The molecule has 0 bridgehead atoms. The molecule has 2 aromatic carbocycles. The van der Waals surface area contributed by atoms with Gasteiger partial charge >= 0.3 is 0 Å². The fraction of sp³-hybridized carbons (Fsp3) is 0.370. The van der Waals surface area contributed by atoms with Crippen LogP contribution in [0.15, 0.2) is 54.7 Å². The maximum atomic E-state index is 13.9. The Kier molecular flexibility index (Phi) is 5.40. The molecule has 2 saturated heterocycles. The first-order valence-electron chi connectivity index (χ1n) is 11.9. The van der Waals surface area contributed by atoms with Gasteiger partial charge in [0.1, 0.15) is 17.7 Å². The Hall–Kier alpha value is -3.52. The summed E-state index contributed by atoms with van der Waals surface area (Å²) in [5.74, 6) is 1.28. The zero-order chi connectivity index (χ0) is 24.0. The number of fused-ring (bicyclic) bond motifs is 4. The highest BCUT2D eigenvalue weighted by Crippen LogP contribution is 2.45. The Balaban J connectivity index is 0.00000267. The maximum Gasteiger partial charge on any atom is 0.253 e. The second-order valence-corrected chi connectivity index (χ2v) is 9.23. The van der Waals surface area contributed by atoms with Crippen molar-refractivity contribution in [1.82, 2.24) is 9.47 Å². The number of aromatic nitrogens is 1. The Morgan fingerprint density at radius 1 is 1.14 bits per heavy atom. The van der Waals surface area contributed by atoms with Crippen molar-refractivity contribution in [2.24, 2.45) is 0 Å². The first kappa shape index (κ1) is 22.0. The van der Waals surface area contributed by atoms with Gasteiger partial charge in [-0.1, -0.05) is 0 Å². The normalized spacial score (nSPS) is 20.2. The van der Waals surface area contributed by atoms with Crippen LogP contribution in [0.3, 0.4) is 0 Å². The second-order valence-electron chi connectivity index (χ2n) is 9.23. The summed E-state index contributed by atoms with van der Waals surface area (Å²) < 4.78 is 39.3. The van der Waals surface area contributed by atoms with E-state index in [4.69, 9.17) is 18.9 Å². The van der Waals surface area contributed by atoms with Gasteiger partial charge in [0.05, 0.1) is 31.7 Å². The number of likely N-dealkylation sites (tertiary alicyclic amines) is 1. The van der Waals surface area contributed by atoms with Crippen LogP contribution in [-0.2, 0) is 10.3 Å². The van der Waals surface area contributed by atoms with Gasteiger partial charge < -0.3 is 28.4 Å². The van der Waals surface area contributed by atoms with Crippen LogP contribution in [0.1, 0.15) is 36.7 Å². The van der Waals surface area contributed by atoms with Gasteiger partial charge in [0.2, 0.25) is 0 Å². The van der Waals surface area contributed by atoms with Gasteiger partial charge in [0.25, 0.3) is 5.91 Å². The van der Waals surface area contributed by atoms with E-state index in [0.29, 0.717) is 62.0 Å². The number of carbonyl (C=O) groups is 1. The average Bonchev–Trinajstić information content (AvgIpc) is 3.57. The highest BCUT2D eigenvalue weighted by molar-refractivity contribution is 5.95. The minimum Gasteiger partial charge on any atom is -0.493 e. The number of rotatable bonds is 4. The zero-order valence-electron chi connectivity index (χ0n) is 19.5. The second kappa shape index (κ2) is 8.61. The van der Waals surface area contributed by atoms with Crippen LogP contribution in [0.2, 0.25) is 0 Å². The molecule has 1 aromatic heterocycles. The minimum absolute atomic E-state index is 0. The van der Waals surface area contributed by atoms with E-state index in [9.17, 15) is 9.18 Å². The summed E-state index contributed by atoms with van der Waals surface area (Å²) in [5.41, 5.74) is 1.81. The smallest absolute Gasteiger partial charge is 0.253 e. The van der Waals surface area contributed by atoms with Crippen molar-refractivity contribution in [3.63, 3.8) is 0 Å². The first-order valence-corrected chi connectivity index (χ1v) is 11.9. The average molecular weight is 481 g/mol. The van der Waals surface area contributed by atoms with Crippen LogP contribution in [0.5, 0.6) is 17.2 Å². The predicted molar refractivity (Wildman–Crippen MR) is 128 cm³/mol. The van der Waals surface area contributed by atoms with Crippen molar-refractivity contribution in [3.05, 3.63) is 71.8 Å². The number of piperidine rings is 1. The van der Waals surface area contributed by atoms with Crippen molar-refractivity contribution in [1.29, 1.82) is 0 Å². The number of amides is 1. The lowest BCUT2D eigenvalue weighted by atomic mass is 9.86. The van der Waals surface area contributed by atoms with E-state index in [-0.39, 0.29) is 19.3 Å². The number of halogens is 1. The molecule has 6 rings (SSSR count). The van der Waals surface area contributed by atoms with Gasteiger partial charge in [0.15, 0.2) is 17.1 Å². The molecule has 8 heteroatoms. The summed E-state index contributed by atoms with van der Waals surface area (Å²) in [4.78, 5) is 15.2. The van der Waals surface area contributed by atoms with Crippen LogP contribution in [0.25, 0.3) is 5.69 Å². The number of methoxy groups -OCH3 is 1. The molecule has 0 unspecified atom stereocenters. The fourth-order valence-corrected chi connectivity index (χ4v) is 5.29. The molecule has 1 amide bonds. The van der Waals surface area contributed by atoms with Crippen LogP contribution in [0.4, 0.5) is 4.39 Å². The highest BCUT2D eigenvalue weighted by Gasteiger charge is 2.44. The van der Waals surface area contributed by atoms with Gasteiger partial charge in [-0.15, -0.1) is 0 Å². The standard InChI is InChI=1S/C27H27FN2O5.H2/c1-32-24-15-18(4-7-22(24)34-20-8-14-33-17-20)26(31)29-12-9-27(10-13-29)25-3-2-11-30(25)21-6-5-19(28)16-23(21)35-27;/h2-7,11,15-16,20H,8-10,12-14,17H2,1H3;1H/t20-;/m1./s1. The molecular formula is C27H29FN2O5. The van der Waals surface area contributed by atoms with E-state index in [2.05, 4.69) is 4.57 Å². The summed E-state index contributed by atoms with van der Waals surface area (Å²) >= 11 is 0. The van der Waals surface area contributed by atoms with E-state index in [0.717, 1.165) is 17.8 Å². The van der Waals surface area contributed by atoms with Crippen LogP contribution in [0, 0.1) is 5.82 Å². The van der Waals surface area contributed by atoms with Crippen LogP contribution >= 0.6 is 0 Å². The predicted octanol–water partition coefficient (Wildman–Crippen LogP) is 4.56. The van der Waals surface area contributed by atoms with Gasteiger partial charge in [-0.3, -0.25) is 4.79 Å². The van der Waals surface area contributed by atoms with Gasteiger partial charge in [-0.05, 0) is 42.5 Å². The molecule has 0 aliphatic carbocycles. The van der Waals surface area contributed by atoms with Crippen molar-refractivity contribution in [2.75, 3.05) is 33.4 Å². The SMILES string of the molecule is COc1cc(C(=O)N2CCC3(CC2)Oc2cc(F)ccc2-n2cccc23)ccc1O[C@@H]1CCOC1.[HH]. The molecule has 3 aliphatic heterocycles. The van der Waals surface area contributed by atoms with E-state index in [1.165, 1.54) is 12.1 Å². The molecular weight excluding hydrogens is 451 g/mol. The Bertz CT molecular complexity index is 1260. The molecule has 7 nitrogen and oxygen atoms in total. The molecule has 0 radical (unpaired) electrons. The Morgan fingerprint density at radius 3 is 2.77 bits per heavy atom. The lowest BCUT2D eigenvalue weighted by Gasteiger charge is -2.45. The minimum atomic E-state index is -0.597. The third-order valence-electron chi connectivity index (χ3n) is 7.15. The first-order chi connectivity index (χ1) is 17.1. The maximum absolute atomic E-state index is 13.9. The van der Waals surface area contributed by atoms with Gasteiger partial charge in [0, 0.05) is 51.6 Å². The molecule has 2 fully saturated rings. The molecule has 184 valence electrons.